The molecular weight excluding hydrogens is 382 g/mol. The summed E-state index contributed by atoms with van der Waals surface area (Å²) in [6, 6.07) is 5.16. The van der Waals surface area contributed by atoms with Crippen molar-refractivity contribution >= 4 is 40.2 Å². The number of benzene rings is 1. The highest BCUT2D eigenvalue weighted by atomic mass is 35.5. The minimum atomic E-state index is -0.0993. The average Bonchev–Trinajstić information content (AvgIpc) is 2.62. The van der Waals surface area contributed by atoms with Gasteiger partial charge in [-0.25, -0.2) is 4.98 Å². The van der Waals surface area contributed by atoms with E-state index in [1.54, 1.807) is 22.8 Å². The van der Waals surface area contributed by atoms with Gasteiger partial charge in [0.15, 0.2) is 5.16 Å². The van der Waals surface area contributed by atoms with Gasteiger partial charge in [-0.2, -0.15) is 0 Å². The Bertz CT molecular complexity index is 897. The molecular formula is C20H26ClN3O2S. The fraction of sp³-hybridized carbons (Fsp3) is 0.550. The van der Waals surface area contributed by atoms with E-state index in [0.29, 0.717) is 45.2 Å². The van der Waals surface area contributed by atoms with E-state index in [9.17, 15) is 9.59 Å². The maximum absolute atomic E-state index is 13.0. The zero-order valence-electron chi connectivity index (χ0n) is 16.1. The van der Waals surface area contributed by atoms with E-state index in [0.717, 1.165) is 19.5 Å². The Balaban J connectivity index is 1.87. The second kappa shape index (κ2) is 8.65. The Morgan fingerprint density at radius 3 is 2.89 bits per heavy atom. The summed E-state index contributed by atoms with van der Waals surface area (Å²) >= 11 is 7.41. The molecule has 0 saturated carbocycles. The predicted molar refractivity (Wildman–Crippen MR) is 112 cm³/mol. The minimum Gasteiger partial charge on any atom is -0.342 e. The van der Waals surface area contributed by atoms with Crippen molar-refractivity contribution in [3.63, 3.8) is 0 Å². The molecule has 1 atom stereocenters. The second-order valence-electron chi connectivity index (χ2n) is 7.74. The molecule has 0 bridgehead atoms. The molecule has 2 aromatic rings. The van der Waals surface area contributed by atoms with Gasteiger partial charge in [0, 0.05) is 24.7 Å². The first kappa shape index (κ1) is 20.2. The van der Waals surface area contributed by atoms with Crippen molar-refractivity contribution in [1.82, 2.24) is 14.5 Å². The van der Waals surface area contributed by atoms with E-state index in [1.165, 1.54) is 18.2 Å². The van der Waals surface area contributed by atoms with E-state index >= 15 is 0 Å². The summed E-state index contributed by atoms with van der Waals surface area (Å²) in [6.07, 6.45) is 2.24. The number of hydrogen-bond acceptors (Lipinski definition) is 4. The minimum absolute atomic E-state index is 0.0993. The SMILES string of the molecule is CC(C)Cn1c(SCC(=O)N2CCC[C@H](C)C2)nc2ccc(Cl)cc2c1=O. The molecule has 5 nitrogen and oxygen atoms in total. The molecule has 0 unspecified atom stereocenters. The normalized spacial score (nSPS) is 17.7. The molecule has 2 heterocycles. The third-order valence-electron chi connectivity index (χ3n) is 4.76. The molecule has 3 rings (SSSR count). The molecule has 1 amide bonds. The van der Waals surface area contributed by atoms with Crippen LogP contribution >= 0.6 is 23.4 Å². The zero-order valence-corrected chi connectivity index (χ0v) is 17.6. The third-order valence-corrected chi connectivity index (χ3v) is 5.96. The summed E-state index contributed by atoms with van der Waals surface area (Å²) < 4.78 is 1.68. The summed E-state index contributed by atoms with van der Waals surface area (Å²) in [5, 5.41) is 1.64. The Morgan fingerprint density at radius 1 is 1.41 bits per heavy atom. The van der Waals surface area contributed by atoms with Crippen LogP contribution in [0.2, 0.25) is 5.02 Å². The van der Waals surface area contributed by atoms with Gasteiger partial charge >= 0.3 is 0 Å². The van der Waals surface area contributed by atoms with Crippen LogP contribution in [0.25, 0.3) is 10.9 Å². The van der Waals surface area contributed by atoms with Gasteiger partial charge < -0.3 is 4.90 Å². The van der Waals surface area contributed by atoms with Crippen LogP contribution in [0, 0.1) is 11.8 Å². The summed E-state index contributed by atoms with van der Waals surface area (Å²) in [6.45, 7) is 8.51. The molecule has 7 heteroatoms. The highest BCUT2D eigenvalue weighted by Crippen LogP contribution is 2.23. The van der Waals surface area contributed by atoms with Crippen LogP contribution in [0.5, 0.6) is 0 Å². The Labute approximate surface area is 169 Å². The van der Waals surface area contributed by atoms with Crippen molar-refractivity contribution in [3.05, 3.63) is 33.6 Å². The van der Waals surface area contributed by atoms with Crippen LogP contribution in [-0.2, 0) is 11.3 Å². The maximum Gasteiger partial charge on any atom is 0.262 e. The number of amides is 1. The number of carbonyl (C=O) groups is 1. The van der Waals surface area contributed by atoms with Crippen LogP contribution in [0.15, 0.2) is 28.2 Å². The number of fused-ring (bicyclic) bond motifs is 1. The number of halogens is 1. The predicted octanol–water partition coefficient (Wildman–Crippen LogP) is 4.06. The van der Waals surface area contributed by atoms with Crippen LogP contribution in [-0.4, -0.2) is 39.2 Å². The second-order valence-corrected chi connectivity index (χ2v) is 9.12. The number of aromatic nitrogens is 2. The lowest BCUT2D eigenvalue weighted by Gasteiger charge is -2.30. The fourth-order valence-corrected chi connectivity index (χ4v) is 4.53. The van der Waals surface area contributed by atoms with Gasteiger partial charge in [0.05, 0.1) is 16.7 Å². The van der Waals surface area contributed by atoms with Gasteiger partial charge in [-0.15, -0.1) is 0 Å². The number of rotatable bonds is 5. The van der Waals surface area contributed by atoms with Crippen LogP contribution in [0.3, 0.4) is 0 Å². The first-order valence-electron chi connectivity index (χ1n) is 9.46. The van der Waals surface area contributed by atoms with Gasteiger partial charge in [0.2, 0.25) is 5.91 Å². The van der Waals surface area contributed by atoms with Crippen molar-refractivity contribution in [3.8, 4) is 0 Å². The van der Waals surface area contributed by atoms with Crippen LogP contribution in [0.1, 0.15) is 33.6 Å². The van der Waals surface area contributed by atoms with Gasteiger partial charge in [-0.1, -0.05) is 44.1 Å². The number of thioether (sulfide) groups is 1. The van der Waals surface area contributed by atoms with Gasteiger partial charge in [-0.3, -0.25) is 14.2 Å². The molecule has 0 radical (unpaired) electrons. The quantitative estimate of drug-likeness (QED) is 0.554. The Hall–Kier alpha value is -1.53. The van der Waals surface area contributed by atoms with Crippen molar-refractivity contribution in [2.24, 2.45) is 11.8 Å². The molecule has 27 heavy (non-hydrogen) atoms. The molecule has 0 aliphatic carbocycles. The molecule has 1 aromatic carbocycles. The first-order valence-corrected chi connectivity index (χ1v) is 10.8. The number of carbonyl (C=O) groups excluding carboxylic acids is 1. The smallest absolute Gasteiger partial charge is 0.262 e. The summed E-state index contributed by atoms with van der Waals surface area (Å²) in [5.74, 6) is 1.26. The van der Waals surface area contributed by atoms with E-state index in [1.807, 2.05) is 4.90 Å². The summed E-state index contributed by atoms with van der Waals surface area (Å²) in [4.78, 5) is 32.2. The highest BCUT2D eigenvalue weighted by Gasteiger charge is 2.22. The fourth-order valence-electron chi connectivity index (χ4n) is 3.44. The summed E-state index contributed by atoms with van der Waals surface area (Å²) in [5.41, 5.74) is 0.517. The lowest BCUT2D eigenvalue weighted by atomic mass is 10.0. The first-order chi connectivity index (χ1) is 12.8. The van der Waals surface area contributed by atoms with Crippen molar-refractivity contribution < 1.29 is 4.79 Å². The van der Waals surface area contributed by atoms with Gasteiger partial charge in [0.1, 0.15) is 0 Å². The highest BCUT2D eigenvalue weighted by molar-refractivity contribution is 7.99. The molecule has 0 N–H and O–H groups in total. The molecule has 146 valence electrons. The van der Waals surface area contributed by atoms with Crippen LogP contribution < -0.4 is 5.56 Å². The van der Waals surface area contributed by atoms with Crippen molar-refractivity contribution in [2.75, 3.05) is 18.8 Å². The lowest BCUT2D eigenvalue weighted by Crippen LogP contribution is -2.40. The molecule has 1 aliphatic heterocycles. The number of nitrogens with zero attached hydrogens (tertiary/aromatic N) is 3. The molecule has 1 aliphatic rings. The molecule has 0 spiro atoms. The molecule has 1 fully saturated rings. The number of hydrogen-bond donors (Lipinski definition) is 0. The Kier molecular flexibility index (Phi) is 6.48. The lowest BCUT2D eigenvalue weighted by molar-refractivity contribution is -0.130. The molecule has 1 aromatic heterocycles. The largest absolute Gasteiger partial charge is 0.342 e. The van der Waals surface area contributed by atoms with E-state index in [4.69, 9.17) is 11.6 Å². The average molecular weight is 408 g/mol. The topological polar surface area (TPSA) is 55.2 Å². The maximum atomic E-state index is 13.0. The Morgan fingerprint density at radius 2 is 2.19 bits per heavy atom. The third kappa shape index (κ3) is 4.85. The number of piperidine rings is 1. The van der Waals surface area contributed by atoms with Gasteiger partial charge in [-0.05, 0) is 42.9 Å². The van der Waals surface area contributed by atoms with E-state index in [2.05, 4.69) is 25.8 Å². The van der Waals surface area contributed by atoms with E-state index in [-0.39, 0.29) is 11.5 Å². The van der Waals surface area contributed by atoms with Gasteiger partial charge in [0.25, 0.3) is 5.56 Å². The molecule has 1 saturated heterocycles. The summed E-state index contributed by atoms with van der Waals surface area (Å²) in [7, 11) is 0. The number of likely N-dealkylation sites (tertiary alicyclic amines) is 1. The van der Waals surface area contributed by atoms with Crippen LogP contribution in [0.4, 0.5) is 0 Å². The standard InChI is InChI=1S/C20H26ClN3O2S/c1-13(2)10-24-19(26)16-9-15(21)6-7-17(16)22-20(24)27-12-18(25)23-8-4-5-14(3)11-23/h6-7,9,13-14H,4-5,8,10-12H2,1-3H3/t14-/m0/s1. The van der Waals surface area contributed by atoms with Crippen molar-refractivity contribution in [2.45, 2.75) is 45.3 Å². The van der Waals surface area contributed by atoms with Crippen molar-refractivity contribution in [1.29, 1.82) is 0 Å². The monoisotopic (exact) mass is 407 g/mol. The zero-order chi connectivity index (χ0) is 19.6. The van der Waals surface area contributed by atoms with E-state index < -0.39 is 0 Å².